The van der Waals surface area contributed by atoms with Gasteiger partial charge in [-0.1, -0.05) is 12.1 Å². The van der Waals surface area contributed by atoms with Crippen LogP contribution in [0.25, 0.3) is 0 Å². The minimum absolute atomic E-state index is 0.00574. The zero-order chi connectivity index (χ0) is 18.4. The van der Waals surface area contributed by atoms with E-state index in [4.69, 9.17) is 4.74 Å². The van der Waals surface area contributed by atoms with Crippen molar-refractivity contribution in [3.8, 4) is 0 Å². The second-order valence-electron chi connectivity index (χ2n) is 7.20. The molecular formula is C18H26FN3O3. The molecule has 1 aliphatic rings. The first kappa shape index (κ1) is 19.0. The highest BCUT2D eigenvalue weighted by Gasteiger charge is 2.27. The molecule has 1 saturated heterocycles. The number of likely N-dealkylation sites (tertiary alicyclic amines) is 1. The van der Waals surface area contributed by atoms with Gasteiger partial charge in [0.25, 0.3) is 0 Å². The number of carbonyl (C=O) groups excluding carboxylic acids is 2. The summed E-state index contributed by atoms with van der Waals surface area (Å²) in [6.45, 7) is 6.86. The number of hydrogen-bond donors (Lipinski definition) is 2. The molecule has 25 heavy (non-hydrogen) atoms. The molecule has 0 spiro atoms. The minimum atomic E-state index is -0.511. The Kier molecular flexibility index (Phi) is 6.22. The van der Waals surface area contributed by atoms with Gasteiger partial charge in [0, 0.05) is 25.7 Å². The van der Waals surface area contributed by atoms with Gasteiger partial charge in [0.15, 0.2) is 0 Å². The predicted octanol–water partition coefficient (Wildman–Crippen LogP) is 3.02. The van der Waals surface area contributed by atoms with E-state index >= 15 is 0 Å². The number of piperidine rings is 1. The van der Waals surface area contributed by atoms with Crippen molar-refractivity contribution in [2.75, 3.05) is 13.1 Å². The molecular weight excluding hydrogens is 325 g/mol. The summed E-state index contributed by atoms with van der Waals surface area (Å²) in [6.07, 6.45) is 1.03. The molecule has 1 heterocycles. The zero-order valence-corrected chi connectivity index (χ0v) is 15.0. The molecule has 2 N–H and O–H groups in total. The van der Waals surface area contributed by atoms with Gasteiger partial charge in [-0.15, -0.1) is 0 Å². The van der Waals surface area contributed by atoms with E-state index < -0.39 is 5.60 Å². The first-order valence-corrected chi connectivity index (χ1v) is 8.50. The zero-order valence-electron chi connectivity index (χ0n) is 15.0. The number of amides is 3. The van der Waals surface area contributed by atoms with Crippen LogP contribution >= 0.6 is 0 Å². The second-order valence-corrected chi connectivity index (χ2v) is 7.20. The number of nitrogens with zero attached hydrogens (tertiary/aromatic N) is 1. The van der Waals surface area contributed by atoms with Crippen LogP contribution in [0.15, 0.2) is 24.3 Å². The van der Waals surface area contributed by atoms with Crippen LogP contribution in [0.3, 0.4) is 0 Å². The average molecular weight is 351 g/mol. The lowest BCUT2D eigenvalue weighted by Gasteiger charge is -2.33. The number of carbonyl (C=O) groups is 2. The summed E-state index contributed by atoms with van der Waals surface area (Å²) in [7, 11) is 0. The molecule has 6 nitrogen and oxygen atoms in total. The molecule has 1 aromatic rings. The van der Waals surface area contributed by atoms with Gasteiger partial charge in [0.05, 0.1) is 0 Å². The number of benzene rings is 1. The van der Waals surface area contributed by atoms with Crippen LogP contribution in [0.4, 0.5) is 14.0 Å². The van der Waals surface area contributed by atoms with Crippen LogP contribution in [-0.2, 0) is 11.3 Å². The van der Waals surface area contributed by atoms with Crippen molar-refractivity contribution in [3.63, 3.8) is 0 Å². The largest absolute Gasteiger partial charge is 0.444 e. The molecule has 0 unspecified atom stereocenters. The fraction of sp³-hybridized carbons (Fsp3) is 0.556. The van der Waals surface area contributed by atoms with Gasteiger partial charge in [-0.2, -0.15) is 0 Å². The molecule has 0 aromatic heterocycles. The Morgan fingerprint density at radius 3 is 2.56 bits per heavy atom. The maximum atomic E-state index is 13.1. The number of hydrogen-bond acceptors (Lipinski definition) is 3. The first-order chi connectivity index (χ1) is 11.7. The Morgan fingerprint density at radius 2 is 1.96 bits per heavy atom. The van der Waals surface area contributed by atoms with Gasteiger partial charge in [0.1, 0.15) is 11.4 Å². The molecule has 7 heteroatoms. The molecule has 0 atom stereocenters. The van der Waals surface area contributed by atoms with E-state index in [1.807, 2.05) is 20.8 Å². The third-order valence-electron chi connectivity index (χ3n) is 3.82. The molecule has 2 rings (SSSR count). The van der Waals surface area contributed by atoms with Crippen molar-refractivity contribution in [3.05, 3.63) is 35.6 Å². The van der Waals surface area contributed by atoms with Crippen LogP contribution in [0.1, 0.15) is 39.2 Å². The maximum Gasteiger partial charge on any atom is 0.410 e. The fourth-order valence-corrected chi connectivity index (χ4v) is 2.60. The smallest absolute Gasteiger partial charge is 0.410 e. The Morgan fingerprint density at radius 1 is 1.28 bits per heavy atom. The molecule has 138 valence electrons. The van der Waals surface area contributed by atoms with E-state index in [9.17, 15) is 14.0 Å². The third-order valence-corrected chi connectivity index (χ3v) is 3.82. The lowest BCUT2D eigenvalue weighted by atomic mass is 10.1. The van der Waals surface area contributed by atoms with Crippen molar-refractivity contribution >= 4 is 12.1 Å². The van der Waals surface area contributed by atoms with Crippen LogP contribution < -0.4 is 10.6 Å². The van der Waals surface area contributed by atoms with Crippen LogP contribution in [0.2, 0.25) is 0 Å². The van der Waals surface area contributed by atoms with E-state index in [1.165, 1.54) is 12.1 Å². The number of ether oxygens (including phenoxy) is 1. The summed E-state index contributed by atoms with van der Waals surface area (Å²) in [6, 6.07) is 5.83. The third kappa shape index (κ3) is 6.60. The van der Waals surface area contributed by atoms with E-state index in [1.54, 1.807) is 17.0 Å². The molecule has 0 saturated carbocycles. The van der Waals surface area contributed by atoms with Crippen LogP contribution in [0, 0.1) is 5.82 Å². The van der Waals surface area contributed by atoms with Gasteiger partial charge in [-0.25, -0.2) is 14.0 Å². The minimum Gasteiger partial charge on any atom is -0.444 e. The molecule has 0 aliphatic carbocycles. The van der Waals surface area contributed by atoms with Crippen molar-refractivity contribution in [1.29, 1.82) is 0 Å². The maximum absolute atomic E-state index is 13.1. The Hall–Kier alpha value is -2.31. The SMILES string of the molecule is CC(C)(C)OC(=O)N1CCC(NC(=O)NCc2cccc(F)c2)CC1. The lowest BCUT2D eigenvalue weighted by Crippen LogP contribution is -2.49. The van der Waals surface area contributed by atoms with Crippen molar-refractivity contribution in [2.45, 2.75) is 51.8 Å². The molecule has 1 aromatic carbocycles. The van der Waals surface area contributed by atoms with Crippen molar-refractivity contribution in [1.82, 2.24) is 15.5 Å². The lowest BCUT2D eigenvalue weighted by molar-refractivity contribution is 0.0201. The predicted molar refractivity (Wildman–Crippen MR) is 92.6 cm³/mol. The Bertz CT molecular complexity index is 608. The molecule has 1 aliphatic heterocycles. The first-order valence-electron chi connectivity index (χ1n) is 8.50. The van der Waals surface area contributed by atoms with E-state index in [-0.39, 0.29) is 30.5 Å². The number of urea groups is 1. The van der Waals surface area contributed by atoms with Gasteiger partial charge < -0.3 is 20.3 Å². The summed E-state index contributed by atoms with van der Waals surface area (Å²) >= 11 is 0. The number of nitrogens with one attached hydrogen (secondary N) is 2. The van der Waals surface area contributed by atoms with Gasteiger partial charge in [-0.05, 0) is 51.3 Å². The van der Waals surface area contributed by atoms with E-state index in [0.717, 1.165) is 0 Å². The van der Waals surface area contributed by atoms with Crippen molar-refractivity contribution in [2.24, 2.45) is 0 Å². The standard InChI is InChI=1S/C18H26FN3O3/c1-18(2,3)25-17(24)22-9-7-15(8-10-22)21-16(23)20-12-13-5-4-6-14(19)11-13/h4-6,11,15H,7-10,12H2,1-3H3,(H2,20,21,23). The van der Waals surface area contributed by atoms with Crippen LogP contribution in [0.5, 0.6) is 0 Å². The monoisotopic (exact) mass is 351 g/mol. The van der Waals surface area contributed by atoms with Gasteiger partial charge in [-0.3, -0.25) is 0 Å². The normalized spacial score (nSPS) is 15.6. The summed E-state index contributed by atoms with van der Waals surface area (Å²) in [5.41, 5.74) is 0.193. The van der Waals surface area contributed by atoms with E-state index in [0.29, 0.717) is 31.5 Å². The van der Waals surface area contributed by atoms with Crippen LogP contribution in [-0.4, -0.2) is 41.8 Å². The summed E-state index contributed by atoms with van der Waals surface area (Å²) in [4.78, 5) is 25.6. The highest BCUT2D eigenvalue weighted by Crippen LogP contribution is 2.15. The van der Waals surface area contributed by atoms with Crippen molar-refractivity contribution < 1.29 is 18.7 Å². The summed E-state index contributed by atoms with van der Waals surface area (Å²) in [5.74, 6) is -0.325. The quantitative estimate of drug-likeness (QED) is 0.879. The van der Waals surface area contributed by atoms with Gasteiger partial charge in [0.2, 0.25) is 0 Å². The fourth-order valence-electron chi connectivity index (χ4n) is 2.60. The summed E-state index contributed by atoms with van der Waals surface area (Å²) in [5, 5.41) is 5.61. The molecule has 3 amide bonds. The Balaban J connectivity index is 1.70. The molecule has 1 fully saturated rings. The topological polar surface area (TPSA) is 70.7 Å². The molecule has 0 radical (unpaired) electrons. The highest BCUT2D eigenvalue weighted by atomic mass is 19.1. The second kappa shape index (κ2) is 8.18. The summed E-state index contributed by atoms with van der Waals surface area (Å²) < 4.78 is 18.4. The van der Waals surface area contributed by atoms with Gasteiger partial charge >= 0.3 is 12.1 Å². The average Bonchev–Trinajstić information content (AvgIpc) is 2.52. The Labute approximate surface area is 147 Å². The molecule has 0 bridgehead atoms. The highest BCUT2D eigenvalue weighted by molar-refractivity contribution is 5.74. The van der Waals surface area contributed by atoms with E-state index in [2.05, 4.69) is 10.6 Å². The number of halogens is 1. The number of rotatable bonds is 3.